The van der Waals surface area contributed by atoms with Crippen molar-refractivity contribution in [2.75, 3.05) is 13.1 Å². The molecule has 0 spiro atoms. The minimum atomic E-state index is 0.178. The summed E-state index contributed by atoms with van der Waals surface area (Å²) in [4.78, 5) is 21.7. The predicted molar refractivity (Wildman–Crippen MR) is 61.0 cm³/mol. The Hall–Kier alpha value is -1.45. The van der Waals surface area contributed by atoms with Gasteiger partial charge in [-0.05, 0) is 25.8 Å². The normalized spacial score (nSPS) is 17.5. The van der Waals surface area contributed by atoms with Gasteiger partial charge in [-0.2, -0.15) is 0 Å². The number of carbonyl (C=O) groups excluding carboxylic acids is 1. The van der Waals surface area contributed by atoms with Crippen LogP contribution in [0.15, 0.2) is 12.3 Å². The molecular weight excluding hydrogens is 202 g/mol. The molecule has 1 fully saturated rings. The summed E-state index contributed by atoms with van der Waals surface area (Å²) in [6.45, 7) is 5.25. The van der Waals surface area contributed by atoms with Crippen LogP contribution in [0.25, 0.3) is 0 Å². The lowest BCUT2D eigenvalue weighted by molar-refractivity contribution is -0.129. The molecule has 0 saturated carbocycles. The number of likely N-dealkylation sites (tertiary alicyclic amines) is 1. The van der Waals surface area contributed by atoms with Gasteiger partial charge in [0.05, 0.1) is 0 Å². The van der Waals surface area contributed by atoms with Crippen molar-refractivity contribution in [2.45, 2.75) is 32.6 Å². The first-order valence-corrected chi connectivity index (χ1v) is 5.72. The molecule has 4 nitrogen and oxygen atoms in total. The van der Waals surface area contributed by atoms with Crippen molar-refractivity contribution in [3.05, 3.63) is 23.8 Å². The maximum Gasteiger partial charge on any atom is 0.219 e. The van der Waals surface area contributed by atoms with E-state index in [1.165, 1.54) is 0 Å². The number of amides is 1. The Labute approximate surface area is 95.7 Å². The fraction of sp³-hybridized carbons (Fsp3) is 0.583. The van der Waals surface area contributed by atoms with Gasteiger partial charge in [0.2, 0.25) is 5.91 Å². The Morgan fingerprint density at radius 2 is 2.12 bits per heavy atom. The van der Waals surface area contributed by atoms with Crippen molar-refractivity contribution in [3.63, 3.8) is 0 Å². The average molecular weight is 219 g/mol. The topological polar surface area (TPSA) is 46.1 Å². The Morgan fingerprint density at radius 3 is 2.69 bits per heavy atom. The number of hydrogen-bond acceptors (Lipinski definition) is 3. The molecule has 16 heavy (non-hydrogen) atoms. The van der Waals surface area contributed by atoms with Crippen LogP contribution in [0.3, 0.4) is 0 Å². The minimum Gasteiger partial charge on any atom is -0.343 e. The van der Waals surface area contributed by atoms with Crippen LogP contribution in [0.2, 0.25) is 0 Å². The molecule has 1 aromatic heterocycles. The fourth-order valence-corrected chi connectivity index (χ4v) is 2.19. The summed E-state index contributed by atoms with van der Waals surface area (Å²) >= 11 is 0. The van der Waals surface area contributed by atoms with E-state index in [4.69, 9.17) is 0 Å². The van der Waals surface area contributed by atoms with Gasteiger partial charge in [0, 0.05) is 37.8 Å². The lowest BCUT2D eigenvalue weighted by Crippen LogP contribution is -2.36. The molecule has 0 atom stereocenters. The van der Waals surface area contributed by atoms with E-state index in [-0.39, 0.29) is 5.91 Å². The summed E-state index contributed by atoms with van der Waals surface area (Å²) < 4.78 is 0. The largest absolute Gasteiger partial charge is 0.343 e. The molecule has 2 rings (SSSR count). The van der Waals surface area contributed by atoms with Crippen molar-refractivity contribution in [1.29, 1.82) is 0 Å². The van der Waals surface area contributed by atoms with Crippen molar-refractivity contribution >= 4 is 5.91 Å². The molecule has 1 aromatic rings. The summed E-state index contributed by atoms with van der Waals surface area (Å²) in [6.07, 6.45) is 3.83. The summed E-state index contributed by atoms with van der Waals surface area (Å²) in [7, 11) is 0. The second kappa shape index (κ2) is 4.60. The first kappa shape index (κ1) is 11.0. The lowest BCUT2D eigenvalue weighted by Gasteiger charge is -2.30. The number of hydrogen-bond donors (Lipinski definition) is 0. The summed E-state index contributed by atoms with van der Waals surface area (Å²) in [5, 5.41) is 0. The molecule has 1 amide bonds. The first-order valence-electron chi connectivity index (χ1n) is 5.72. The van der Waals surface area contributed by atoms with Crippen molar-refractivity contribution in [1.82, 2.24) is 14.9 Å². The van der Waals surface area contributed by atoms with Gasteiger partial charge in [0.15, 0.2) is 0 Å². The second-order valence-corrected chi connectivity index (χ2v) is 4.31. The van der Waals surface area contributed by atoms with Crippen LogP contribution in [-0.2, 0) is 4.79 Å². The van der Waals surface area contributed by atoms with Gasteiger partial charge in [-0.1, -0.05) is 0 Å². The van der Waals surface area contributed by atoms with Crippen molar-refractivity contribution in [2.24, 2.45) is 0 Å². The van der Waals surface area contributed by atoms with E-state index < -0.39 is 0 Å². The zero-order chi connectivity index (χ0) is 11.5. The summed E-state index contributed by atoms with van der Waals surface area (Å²) in [6, 6.07) is 1.99. The van der Waals surface area contributed by atoms with Crippen LogP contribution in [0.1, 0.15) is 37.2 Å². The maximum atomic E-state index is 11.2. The van der Waals surface area contributed by atoms with E-state index in [9.17, 15) is 4.79 Å². The molecule has 0 radical (unpaired) electrons. The SMILES string of the molecule is CC(=O)N1CCC(c2ccnc(C)n2)CC1. The van der Waals surface area contributed by atoms with Gasteiger partial charge in [-0.3, -0.25) is 4.79 Å². The molecule has 1 aliphatic rings. The second-order valence-electron chi connectivity index (χ2n) is 4.31. The van der Waals surface area contributed by atoms with Crippen LogP contribution >= 0.6 is 0 Å². The highest BCUT2D eigenvalue weighted by Gasteiger charge is 2.22. The number of carbonyl (C=O) groups is 1. The Kier molecular flexibility index (Phi) is 3.17. The molecule has 1 aliphatic heterocycles. The molecule has 1 saturated heterocycles. The number of aromatic nitrogens is 2. The quantitative estimate of drug-likeness (QED) is 0.719. The zero-order valence-corrected chi connectivity index (χ0v) is 9.81. The molecule has 0 N–H and O–H groups in total. The molecule has 2 heterocycles. The highest BCUT2D eigenvalue weighted by atomic mass is 16.2. The maximum absolute atomic E-state index is 11.2. The van der Waals surface area contributed by atoms with E-state index in [1.54, 1.807) is 6.92 Å². The highest BCUT2D eigenvalue weighted by Crippen LogP contribution is 2.26. The zero-order valence-electron chi connectivity index (χ0n) is 9.81. The van der Waals surface area contributed by atoms with Crippen LogP contribution in [0.4, 0.5) is 0 Å². The fourth-order valence-electron chi connectivity index (χ4n) is 2.19. The third kappa shape index (κ3) is 2.38. The smallest absolute Gasteiger partial charge is 0.219 e. The van der Waals surface area contributed by atoms with Crippen LogP contribution in [-0.4, -0.2) is 33.9 Å². The van der Waals surface area contributed by atoms with Crippen molar-refractivity contribution in [3.8, 4) is 0 Å². The molecular formula is C12H17N3O. The third-order valence-electron chi connectivity index (χ3n) is 3.16. The minimum absolute atomic E-state index is 0.178. The Morgan fingerprint density at radius 1 is 1.44 bits per heavy atom. The molecule has 0 bridgehead atoms. The number of aryl methyl sites for hydroxylation is 1. The first-order chi connectivity index (χ1) is 7.66. The van der Waals surface area contributed by atoms with Gasteiger partial charge in [0.1, 0.15) is 5.82 Å². The van der Waals surface area contributed by atoms with E-state index >= 15 is 0 Å². The standard InChI is InChI=1S/C12H17N3O/c1-9-13-6-3-12(14-9)11-4-7-15(8-5-11)10(2)16/h3,6,11H,4-5,7-8H2,1-2H3. The van der Waals surface area contributed by atoms with E-state index in [0.29, 0.717) is 5.92 Å². The number of nitrogens with zero attached hydrogens (tertiary/aromatic N) is 3. The van der Waals surface area contributed by atoms with E-state index in [2.05, 4.69) is 9.97 Å². The predicted octanol–water partition coefficient (Wildman–Crippen LogP) is 1.51. The molecule has 0 aromatic carbocycles. The van der Waals surface area contributed by atoms with Crippen LogP contribution in [0.5, 0.6) is 0 Å². The highest BCUT2D eigenvalue weighted by molar-refractivity contribution is 5.73. The lowest BCUT2D eigenvalue weighted by atomic mass is 9.93. The van der Waals surface area contributed by atoms with Crippen LogP contribution in [0, 0.1) is 6.92 Å². The Bertz CT molecular complexity index is 384. The summed E-state index contributed by atoms with van der Waals surface area (Å²) in [5.74, 6) is 1.49. The molecule has 0 aliphatic carbocycles. The number of rotatable bonds is 1. The molecule has 86 valence electrons. The molecule has 4 heteroatoms. The van der Waals surface area contributed by atoms with Gasteiger partial charge in [0.25, 0.3) is 0 Å². The van der Waals surface area contributed by atoms with Crippen LogP contribution < -0.4 is 0 Å². The molecule has 0 unspecified atom stereocenters. The summed E-state index contributed by atoms with van der Waals surface area (Å²) in [5.41, 5.74) is 1.12. The van der Waals surface area contributed by atoms with Gasteiger partial charge in [-0.25, -0.2) is 9.97 Å². The third-order valence-corrected chi connectivity index (χ3v) is 3.16. The van der Waals surface area contributed by atoms with Gasteiger partial charge >= 0.3 is 0 Å². The van der Waals surface area contributed by atoms with Gasteiger partial charge < -0.3 is 4.90 Å². The average Bonchev–Trinajstić information content (AvgIpc) is 2.29. The van der Waals surface area contributed by atoms with E-state index in [1.807, 2.05) is 24.1 Å². The van der Waals surface area contributed by atoms with Crippen molar-refractivity contribution < 1.29 is 4.79 Å². The number of piperidine rings is 1. The van der Waals surface area contributed by atoms with E-state index in [0.717, 1.165) is 37.4 Å². The van der Waals surface area contributed by atoms with Gasteiger partial charge in [-0.15, -0.1) is 0 Å². The Balaban J connectivity index is 2.01. The monoisotopic (exact) mass is 219 g/mol.